The van der Waals surface area contributed by atoms with Crippen molar-refractivity contribution >= 4 is 29.0 Å². The number of anilines is 2. The number of carbonyl (C=O) groups excluding carboxylic acids is 3. The minimum Gasteiger partial charge on any atom is -0.489 e. The number of fused-ring (bicyclic) bond motifs is 1. The van der Waals surface area contributed by atoms with Gasteiger partial charge >= 0.3 is 0 Å². The van der Waals surface area contributed by atoms with E-state index < -0.39 is 24.0 Å². The van der Waals surface area contributed by atoms with Gasteiger partial charge in [-0.3, -0.25) is 19.2 Å². The standard InChI is InChI=1S/C32H26N2O5/c1-21(35)23-12-16-25(17-13-23)33-31(36)28-29(34(39-30(28)32(33)37)26-10-6-3-7-11-26)24-14-18-27(19-15-24)38-20-22-8-4-2-5-9-22/h2-19,28-30H,20H2,1H3/t28-,29+,30+/m0/s1. The highest BCUT2D eigenvalue weighted by atomic mass is 16.7. The summed E-state index contributed by atoms with van der Waals surface area (Å²) in [5.74, 6) is -0.901. The molecule has 0 saturated carbocycles. The summed E-state index contributed by atoms with van der Waals surface area (Å²) in [6.45, 7) is 1.91. The van der Waals surface area contributed by atoms with E-state index >= 15 is 0 Å². The van der Waals surface area contributed by atoms with Crippen molar-refractivity contribution in [1.29, 1.82) is 0 Å². The Morgan fingerprint density at radius 3 is 2.05 bits per heavy atom. The Kier molecular flexibility index (Phi) is 6.42. The van der Waals surface area contributed by atoms with Gasteiger partial charge in [-0.15, -0.1) is 0 Å². The summed E-state index contributed by atoms with van der Waals surface area (Å²) in [6.07, 6.45) is -0.968. The fourth-order valence-corrected chi connectivity index (χ4v) is 5.15. The highest BCUT2D eigenvalue weighted by Crippen LogP contribution is 2.47. The first-order valence-corrected chi connectivity index (χ1v) is 12.8. The molecule has 4 aromatic rings. The zero-order valence-corrected chi connectivity index (χ0v) is 21.3. The predicted octanol–water partition coefficient (Wildman–Crippen LogP) is 5.52. The van der Waals surface area contributed by atoms with Crippen LogP contribution in [0.25, 0.3) is 0 Å². The number of hydrogen-bond acceptors (Lipinski definition) is 6. The van der Waals surface area contributed by atoms with E-state index in [1.54, 1.807) is 29.3 Å². The molecular formula is C32H26N2O5. The molecule has 0 radical (unpaired) electrons. The second-order valence-electron chi connectivity index (χ2n) is 9.62. The van der Waals surface area contributed by atoms with Gasteiger partial charge in [0.15, 0.2) is 11.9 Å². The molecule has 0 aliphatic carbocycles. The maximum atomic E-state index is 13.8. The van der Waals surface area contributed by atoms with Gasteiger partial charge in [0.1, 0.15) is 18.3 Å². The Bertz CT molecular complexity index is 1500. The van der Waals surface area contributed by atoms with Crippen LogP contribution in [0.2, 0.25) is 0 Å². The summed E-state index contributed by atoms with van der Waals surface area (Å²) in [7, 11) is 0. The Morgan fingerprint density at radius 1 is 0.769 bits per heavy atom. The maximum Gasteiger partial charge on any atom is 0.266 e. The van der Waals surface area contributed by atoms with Crippen LogP contribution in [0, 0.1) is 5.92 Å². The average molecular weight is 519 g/mol. The molecule has 0 bridgehead atoms. The van der Waals surface area contributed by atoms with E-state index in [1.807, 2.05) is 84.9 Å². The van der Waals surface area contributed by atoms with E-state index in [0.717, 1.165) is 16.8 Å². The molecule has 2 aliphatic heterocycles. The van der Waals surface area contributed by atoms with Gasteiger partial charge in [0.05, 0.1) is 17.4 Å². The summed E-state index contributed by atoms with van der Waals surface area (Å²) < 4.78 is 5.95. The number of amides is 2. The van der Waals surface area contributed by atoms with E-state index in [9.17, 15) is 14.4 Å². The number of ether oxygens (including phenoxy) is 1. The summed E-state index contributed by atoms with van der Waals surface area (Å²) in [5.41, 5.74) is 3.57. The van der Waals surface area contributed by atoms with Gasteiger partial charge in [-0.05, 0) is 66.6 Å². The first-order chi connectivity index (χ1) is 19.0. The number of nitrogens with zero attached hydrogens (tertiary/aromatic N) is 2. The lowest BCUT2D eigenvalue weighted by Gasteiger charge is -2.29. The van der Waals surface area contributed by atoms with Crippen LogP contribution in [0.1, 0.15) is 34.5 Å². The van der Waals surface area contributed by atoms with Crippen molar-refractivity contribution in [3.8, 4) is 5.75 Å². The van der Waals surface area contributed by atoms with Crippen LogP contribution < -0.4 is 14.7 Å². The van der Waals surface area contributed by atoms with Crippen LogP contribution in [0.3, 0.4) is 0 Å². The number of rotatable bonds is 7. The zero-order chi connectivity index (χ0) is 26.9. The zero-order valence-electron chi connectivity index (χ0n) is 21.3. The molecule has 2 saturated heterocycles. The first-order valence-electron chi connectivity index (χ1n) is 12.8. The quantitative estimate of drug-likeness (QED) is 0.237. The number of imide groups is 1. The van der Waals surface area contributed by atoms with Gasteiger partial charge in [0, 0.05) is 5.56 Å². The molecule has 0 unspecified atom stereocenters. The molecule has 2 aliphatic rings. The molecule has 3 atom stereocenters. The van der Waals surface area contributed by atoms with E-state index in [0.29, 0.717) is 23.6 Å². The number of carbonyl (C=O) groups is 3. The van der Waals surface area contributed by atoms with Crippen LogP contribution in [-0.4, -0.2) is 23.7 Å². The van der Waals surface area contributed by atoms with Crippen LogP contribution in [0.15, 0.2) is 109 Å². The summed E-state index contributed by atoms with van der Waals surface area (Å²) in [4.78, 5) is 46.4. The predicted molar refractivity (Wildman–Crippen MR) is 146 cm³/mol. The fraction of sp³-hybridized carbons (Fsp3) is 0.156. The van der Waals surface area contributed by atoms with Crippen LogP contribution in [0.4, 0.5) is 11.4 Å². The van der Waals surface area contributed by atoms with Crippen molar-refractivity contribution in [3.63, 3.8) is 0 Å². The van der Waals surface area contributed by atoms with E-state index in [4.69, 9.17) is 9.57 Å². The van der Waals surface area contributed by atoms with Gasteiger partial charge in [-0.2, -0.15) is 0 Å². The van der Waals surface area contributed by atoms with E-state index in [-0.39, 0.29) is 11.7 Å². The monoisotopic (exact) mass is 518 g/mol. The van der Waals surface area contributed by atoms with Crippen molar-refractivity contribution in [2.75, 3.05) is 9.96 Å². The number of benzene rings is 4. The van der Waals surface area contributed by atoms with Crippen LogP contribution in [-0.2, 0) is 21.0 Å². The van der Waals surface area contributed by atoms with Crippen molar-refractivity contribution in [1.82, 2.24) is 0 Å². The SMILES string of the molecule is CC(=O)c1ccc(N2C(=O)[C@H]3[C@@H](c4ccc(OCc5ccccc5)cc4)N(c4ccccc4)O[C@H]3C2=O)cc1. The van der Waals surface area contributed by atoms with Crippen LogP contribution in [0.5, 0.6) is 5.75 Å². The normalized spacial score (nSPS) is 20.3. The third-order valence-corrected chi connectivity index (χ3v) is 7.13. The minimum atomic E-state index is -0.968. The Hall–Kier alpha value is -4.75. The van der Waals surface area contributed by atoms with Crippen molar-refractivity contribution in [2.45, 2.75) is 25.7 Å². The second-order valence-corrected chi connectivity index (χ2v) is 9.62. The molecule has 0 spiro atoms. The highest BCUT2D eigenvalue weighted by Gasteiger charge is 2.60. The molecule has 39 heavy (non-hydrogen) atoms. The number of para-hydroxylation sites is 1. The Morgan fingerprint density at radius 2 is 1.41 bits per heavy atom. The minimum absolute atomic E-state index is 0.0874. The molecule has 0 aromatic heterocycles. The smallest absolute Gasteiger partial charge is 0.266 e. The molecule has 6 rings (SSSR count). The number of Topliss-reactive ketones (excluding diaryl/α,β-unsaturated/α-hetero) is 1. The maximum absolute atomic E-state index is 13.8. The molecule has 194 valence electrons. The van der Waals surface area contributed by atoms with Crippen LogP contribution >= 0.6 is 0 Å². The highest BCUT2D eigenvalue weighted by molar-refractivity contribution is 6.24. The molecule has 7 heteroatoms. The molecule has 2 fully saturated rings. The van der Waals surface area contributed by atoms with Gasteiger partial charge in [-0.1, -0.05) is 60.7 Å². The number of hydrogen-bond donors (Lipinski definition) is 0. The third-order valence-electron chi connectivity index (χ3n) is 7.13. The van der Waals surface area contributed by atoms with Gasteiger partial charge in [0.25, 0.3) is 5.91 Å². The van der Waals surface area contributed by atoms with E-state index in [2.05, 4.69) is 0 Å². The van der Waals surface area contributed by atoms with Gasteiger partial charge in [0.2, 0.25) is 5.91 Å². The first kappa shape index (κ1) is 24.6. The van der Waals surface area contributed by atoms with Crippen molar-refractivity contribution in [2.24, 2.45) is 5.92 Å². The Balaban J connectivity index is 1.30. The molecule has 0 N–H and O–H groups in total. The second kappa shape index (κ2) is 10.2. The fourth-order valence-electron chi connectivity index (χ4n) is 5.15. The van der Waals surface area contributed by atoms with Crippen molar-refractivity contribution < 1.29 is 24.0 Å². The van der Waals surface area contributed by atoms with Crippen molar-refractivity contribution in [3.05, 3.63) is 126 Å². The molecule has 7 nitrogen and oxygen atoms in total. The number of hydroxylamine groups is 1. The summed E-state index contributed by atoms with van der Waals surface area (Å²) in [5, 5.41) is 1.67. The van der Waals surface area contributed by atoms with Gasteiger partial charge < -0.3 is 4.74 Å². The Labute approximate surface area is 226 Å². The lowest BCUT2D eigenvalue weighted by molar-refractivity contribution is -0.126. The summed E-state index contributed by atoms with van der Waals surface area (Å²) in [6, 6.07) is 32.9. The number of ketones is 1. The topological polar surface area (TPSA) is 76.2 Å². The molecule has 2 amide bonds. The lowest BCUT2D eigenvalue weighted by atomic mass is 9.90. The molecular weight excluding hydrogens is 492 g/mol. The lowest BCUT2D eigenvalue weighted by Crippen LogP contribution is -2.37. The largest absolute Gasteiger partial charge is 0.489 e. The third kappa shape index (κ3) is 4.57. The van der Waals surface area contributed by atoms with Gasteiger partial charge in [-0.25, -0.2) is 9.96 Å². The average Bonchev–Trinajstić information content (AvgIpc) is 3.49. The van der Waals surface area contributed by atoms with E-state index in [1.165, 1.54) is 11.8 Å². The molecule has 2 heterocycles. The summed E-state index contributed by atoms with van der Waals surface area (Å²) >= 11 is 0. The molecule has 4 aromatic carbocycles.